The minimum absolute atomic E-state index is 0.0283. The van der Waals surface area contributed by atoms with Crippen LogP contribution in [0.3, 0.4) is 0 Å². The topological polar surface area (TPSA) is 86.8 Å². The highest BCUT2D eigenvalue weighted by atomic mass is 35.5. The summed E-state index contributed by atoms with van der Waals surface area (Å²) < 4.78 is 28.8. The minimum Gasteiger partial charge on any atom is -0.355 e. The molecule has 38 heavy (non-hydrogen) atoms. The van der Waals surface area contributed by atoms with Crippen molar-refractivity contribution in [2.75, 3.05) is 17.4 Å². The van der Waals surface area contributed by atoms with E-state index < -0.39 is 28.5 Å². The van der Waals surface area contributed by atoms with Crippen LogP contribution in [0.4, 0.5) is 5.69 Å². The molecule has 0 aromatic heterocycles. The second-order valence-electron chi connectivity index (χ2n) is 8.69. The zero-order valence-electron chi connectivity index (χ0n) is 21.5. The van der Waals surface area contributed by atoms with E-state index in [4.69, 9.17) is 23.2 Å². The van der Waals surface area contributed by atoms with Crippen molar-refractivity contribution in [1.29, 1.82) is 0 Å². The van der Waals surface area contributed by atoms with Gasteiger partial charge in [-0.15, -0.1) is 0 Å². The number of carbonyl (C=O) groups excluding carboxylic acids is 2. The van der Waals surface area contributed by atoms with E-state index in [1.807, 2.05) is 0 Å². The molecule has 0 heterocycles. The van der Waals surface area contributed by atoms with Crippen LogP contribution < -0.4 is 9.62 Å². The first kappa shape index (κ1) is 29.5. The molecule has 0 aliphatic heterocycles. The van der Waals surface area contributed by atoms with Crippen molar-refractivity contribution in [3.05, 3.63) is 94.0 Å². The average Bonchev–Trinajstić information content (AvgIpc) is 2.90. The average molecular weight is 577 g/mol. The number of halogens is 2. The number of nitrogens with zero attached hydrogens (tertiary/aromatic N) is 2. The van der Waals surface area contributed by atoms with E-state index in [2.05, 4.69) is 5.32 Å². The molecule has 3 rings (SSSR count). The van der Waals surface area contributed by atoms with Gasteiger partial charge in [-0.05, 0) is 61.7 Å². The lowest BCUT2D eigenvalue weighted by Gasteiger charge is -2.33. The van der Waals surface area contributed by atoms with Crippen LogP contribution >= 0.6 is 23.2 Å². The molecule has 10 heteroatoms. The Morgan fingerprint density at radius 2 is 1.61 bits per heavy atom. The Hall–Kier alpha value is -3.07. The van der Waals surface area contributed by atoms with Gasteiger partial charge in [-0.2, -0.15) is 0 Å². The maximum Gasteiger partial charge on any atom is 0.264 e. The highest BCUT2D eigenvalue weighted by Crippen LogP contribution is 2.30. The summed E-state index contributed by atoms with van der Waals surface area (Å²) in [5, 5.41) is 3.54. The van der Waals surface area contributed by atoms with Crippen molar-refractivity contribution in [2.45, 2.75) is 44.7 Å². The Kier molecular flexibility index (Phi) is 10.2. The maximum atomic E-state index is 14.0. The fourth-order valence-electron chi connectivity index (χ4n) is 4.11. The SMILES string of the molecule is CCNC(=O)[C@@H](CC)N(Cc1ccccc1Cl)C(=O)CN(c1cc(Cl)ccc1C)S(=O)(=O)c1ccccc1. The van der Waals surface area contributed by atoms with Crippen LogP contribution in [0.15, 0.2) is 77.7 Å². The lowest BCUT2D eigenvalue weighted by molar-refractivity contribution is -0.140. The summed E-state index contributed by atoms with van der Waals surface area (Å²) in [6.45, 7) is 5.21. The van der Waals surface area contributed by atoms with E-state index in [0.717, 1.165) is 4.31 Å². The Balaban J connectivity index is 2.11. The van der Waals surface area contributed by atoms with Gasteiger partial charge in [-0.25, -0.2) is 8.42 Å². The first-order valence-corrected chi connectivity index (χ1v) is 14.4. The predicted molar refractivity (Wildman–Crippen MR) is 152 cm³/mol. The smallest absolute Gasteiger partial charge is 0.264 e. The molecule has 1 atom stereocenters. The number of rotatable bonds is 11. The summed E-state index contributed by atoms with van der Waals surface area (Å²) in [6.07, 6.45) is 0.323. The monoisotopic (exact) mass is 575 g/mol. The fourth-order valence-corrected chi connectivity index (χ4v) is 5.96. The summed E-state index contributed by atoms with van der Waals surface area (Å²) in [7, 11) is -4.17. The fraction of sp³-hybridized carbons (Fsp3) is 0.286. The third kappa shape index (κ3) is 6.87. The van der Waals surface area contributed by atoms with Gasteiger partial charge < -0.3 is 10.2 Å². The molecule has 7 nitrogen and oxygen atoms in total. The first-order valence-electron chi connectivity index (χ1n) is 12.2. The molecule has 0 radical (unpaired) electrons. The number of likely N-dealkylation sites (N-methyl/N-ethyl adjacent to an activating group) is 1. The molecular weight excluding hydrogens is 545 g/mol. The number of hydrogen-bond acceptors (Lipinski definition) is 4. The standard InChI is InChI=1S/C28H31Cl2N3O4S/c1-4-25(28(35)31-5-2)32(18-21-11-9-10-14-24(21)30)27(34)19-33(26-17-22(29)16-15-20(26)3)38(36,37)23-12-7-6-8-13-23/h6-17,25H,4-5,18-19H2,1-3H3,(H,31,35)/t25-/m1/s1. The second-order valence-corrected chi connectivity index (χ2v) is 11.4. The summed E-state index contributed by atoms with van der Waals surface area (Å²) in [5.41, 5.74) is 1.54. The predicted octanol–water partition coefficient (Wildman–Crippen LogP) is 5.44. The van der Waals surface area contributed by atoms with Gasteiger partial charge in [0, 0.05) is 23.1 Å². The highest BCUT2D eigenvalue weighted by Gasteiger charge is 2.34. The normalized spacial score (nSPS) is 12.0. The summed E-state index contributed by atoms with van der Waals surface area (Å²) in [6, 6.07) is 19.0. The Morgan fingerprint density at radius 1 is 0.947 bits per heavy atom. The molecule has 1 N–H and O–H groups in total. The zero-order valence-corrected chi connectivity index (χ0v) is 23.9. The quantitative estimate of drug-likeness (QED) is 0.330. The van der Waals surface area contributed by atoms with Gasteiger partial charge in [0.2, 0.25) is 11.8 Å². The van der Waals surface area contributed by atoms with Gasteiger partial charge in [0.05, 0.1) is 10.6 Å². The van der Waals surface area contributed by atoms with Crippen LogP contribution in [0.5, 0.6) is 0 Å². The van der Waals surface area contributed by atoms with Crippen LogP contribution in [0.1, 0.15) is 31.4 Å². The summed E-state index contributed by atoms with van der Waals surface area (Å²) in [5.74, 6) is -0.881. The van der Waals surface area contributed by atoms with Crippen molar-refractivity contribution in [1.82, 2.24) is 10.2 Å². The lowest BCUT2D eigenvalue weighted by Crippen LogP contribution is -2.52. The molecule has 0 spiro atoms. The number of sulfonamides is 1. The van der Waals surface area contributed by atoms with E-state index in [1.165, 1.54) is 23.1 Å². The van der Waals surface area contributed by atoms with Crippen molar-refractivity contribution in [3.8, 4) is 0 Å². The Bertz CT molecular complexity index is 1380. The molecule has 202 valence electrons. The summed E-state index contributed by atoms with van der Waals surface area (Å²) in [4.78, 5) is 28.4. The molecule has 3 aromatic carbocycles. The summed E-state index contributed by atoms with van der Waals surface area (Å²) >= 11 is 12.6. The van der Waals surface area contributed by atoms with Crippen LogP contribution in [0.2, 0.25) is 10.0 Å². The number of carbonyl (C=O) groups is 2. The van der Waals surface area contributed by atoms with E-state index in [9.17, 15) is 18.0 Å². The number of nitrogens with one attached hydrogen (secondary N) is 1. The van der Waals surface area contributed by atoms with E-state index in [1.54, 1.807) is 75.4 Å². The second kappa shape index (κ2) is 13.1. The van der Waals surface area contributed by atoms with Gasteiger partial charge in [0.25, 0.3) is 10.0 Å². The molecule has 0 saturated heterocycles. The molecule has 0 bridgehead atoms. The largest absolute Gasteiger partial charge is 0.355 e. The molecular formula is C28H31Cl2N3O4S. The number of anilines is 1. The van der Waals surface area contributed by atoms with E-state index >= 15 is 0 Å². The van der Waals surface area contributed by atoms with E-state index in [-0.39, 0.29) is 23.0 Å². The minimum atomic E-state index is -4.17. The number of amides is 2. The highest BCUT2D eigenvalue weighted by molar-refractivity contribution is 7.92. The van der Waals surface area contributed by atoms with E-state index in [0.29, 0.717) is 34.1 Å². The van der Waals surface area contributed by atoms with Gasteiger partial charge in [0.1, 0.15) is 12.6 Å². The van der Waals surface area contributed by atoms with Gasteiger partial charge in [-0.3, -0.25) is 13.9 Å². The molecule has 0 aliphatic rings. The third-order valence-corrected chi connectivity index (χ3v) is 8.46. The molecule has 0 unspecified atom stereocenters. The van der Waals surface area contributed by atoms with Crippen molar-refractivity contribution >= 4 is 50.7 Å². The number of benzene rings is 3. The van der Waals surface area contributed by atoms with Gasteiger partial charge in [-0.1, -0.05) is 72.6 Å². The maximum absolute atomic E-state index is 14.0. The van der Waals surface area contributed by atoms with Crippen LogP contribution in [0, 0.1) is 6.92 Å². The Morgan fingerprint density at radius 3 is 2.24 bits per heavy atom. The molecule has 0 saturated carbocycles. The molecule has 0 aliphatic carbocycles. The number of aryl methyl sites for hydroxylation is 1. The molecule has 2 amide bonds. The van der Waals surface area contributed by atoms with Crippen LogP contribution in [-0.2, 0) is 26.2 Å². The van der Waals surface area contributed by atoms with Crippen molar-refractivity contribution in [3.63, 3.8) is 0 Å². The van der Waals surface area contributed by atoms with Gasteiger partial charge >= 0.3 is 0 Å². The Labute approximate surface area is 234 Å². The molecule has 3 aromatic rings. The van der Waals surface area contributed by atoms with Crippen LogP contribution in [-0.4, -0.2) is 44.3 Å². The third-order valence-electron chi connectivity index (χ3n) is 6.09. The van der Waals surface area contributed by atoms with Gasteiger partial charge in [0.15, 0.2) is 0 Å². The van der Waals surface area contributed by atoms with Crippen LogP contribution in [0.25, 0.3) is 0 Å². The number of hydrogen-bond donors (Lipinski definition) is 1. The molecule has 0 fully saturated rings. The first-order chi connectivity index (χ1) is 18.1. The van der Waals surface area contributed by atoms with Crippen molar-refractivity contribution < 1.29 is 18.0 Å². The lowest BCUT2D eigenvalue weighted by atomic mass is 10.1. The zero-order chi connectivity index (χ0) is 27.9. The van der Waals surface area contributed by atoms with Crippen molar-refractivity contribution in [2.24, 2.45) is 0 Å².